The Morgan fingerprint density at radius 2 is 1.97 bits per heavy atom. The van der Waals surface area contributed by atoms with E-state index in [1.54, 1.807) is 15.9 Å². The number of unbranched alkanes of at least 4 members (excludes halogenated alkanes) is 2. The highest BCUT2D eigenvalue weighted by Crippen LogP contribution is 2.60. The summed E-state index contributed by atoms with van der Waals surface area (Å²) in [6.07, 6.45) is 5.01. The fourth-order valence-corrected chi connectivity index (χ4v) is 7.03. The van der Waals surface area contributed by atoms with Crippen molar-refractivity contribution in [2.24, 2.45) is 11.8 Å². The smallest absolute Gasteiger partial charge is 0.312 e. The molecule has 9 heteroatoms. The number of esters is 1. The van der Waals surface area contributed by atoms with Gasteiger partial charge in [-0.05, 0) is 31.2 Å². The molecule has 8 nitrogen and oxygen atoms in total. The third-order valence-electron chi connectivity index (χ3n) is 7.57. The van der Waals surface area contributed by atoms with Crippen LogP contribution in [0, 0.1) is 11.8 Å². The average molecular weight is 576 g/mol. The largest absolute Gasteiger partial charge is 0.461 e. The molecule has 0 radical (unpaired) electrons. The van der Waals surface area contributed by atoms with Crippen LogP contribution in [0.2, 0.25) is 0 Å². The third-order valence-corrected chi connectivity index (χ3v) is 8.42. The molecule has 3 aliphatic rings. The van der Waals surface area contributed by atoms with E-state index in [4.69, 9.17) is 9.47 Å². The standard InChI is InChI=1S/C28H35BrN2O6/c1-3-13-30(18-19-11-7-5-8-12-19)26(34)24-28-17-20(29)23(37-28)21(27(35)36-16-4-2)22(28)25(33)31(24)14-9-6-10-15-32/h3-5,7-8,11-12,20-24,32H,1-2,6,9-10,13-18H2/t20?,21-,22-,23-,24?,28?/m0/s1. The molecule has 3 saturated heterocycles. The minimum atomic E-state index is -1.13. The Labute approximate surface area is 226 Å². The van der Waals surface area contributed by atoms with Gasteiger partial charge in [0.25, 0.3) is 0 Å². The van der Waals surface area contributed by atoms with Crippen LogP contribution in [-0.2, 0) is 30.4 Å². The molecule has 3 fully saturated rings. The number of carbonyl (C=O) groups is 3. The number of alkyl halides is 1. The van der Waals surface area contributed by atoms with Crippen molar-refractivity contribution in [2.45, 2.75) is 54.8 Å². The van der Waals surface area contributed by atoms with Crippen molar-refractivity contribution in [1.29, 1.82) is 0 Å². The lowest BCUT2D eigenvalue weighted by Gasteiger charge is -2.37. The Balaban J connectivity index is 1.69. The van der Waals surface area contributed by atoms with Gasteiger partial charge in [0.15, 0.2) is 0 Å². The summed E-state index contributed by atoms with van der Waals surface area (Å²) in [4.78, 5) is 44.5. The van der Waals surface area contributed by atoms with E-state index in [0.717, 1.165) is 5.56 Å². The number of likely N-dealkylation sites (tertiary alicyclic amines) is 1. The Morgan fingerprint density at radius 3 is 2.65 bits per heavy atom. The van der Waals surface area contributed by atoms with Crippen molar-refractivity contribution in [3.8, 4) is 0 Å². The predicted octanol–water partition coefficient (Wildman–Crippen LogP) is 2.84. The van der Waals surface area contributed by atoms with Crippen molar-refractivity contribution in [3.05, 3.63) is 61.2 Å². The van der Waals surface area contributed by atoms with Crippen LogP contribution in [0.5, 0.6) is 0 Å². The topological polar surface area (TPSA) is 96.4 Å². The molecule has 1 spiro atoms. The number of aliphatic hydroxyl groups excluding tert-OH is 1. The third kappa shape index (κ3) is 5.13. The number of hydrogen-bond acceptors (Lipinski definition) is 6. The summed E-state index contributed by atoms with van der Waals surface area (Å²) in [5.41, 5.74) is -0.163. The van der Waals surface area contributed by atoms with E-state index in [0.29, 0.717) is 45.3 Å². The van der Waals surface area contributed by atoms with Gasteiger partial charge in [-0.25, -0.2) is 0 Å². The maximum Gasteiger partial charge on any atom is 0.312 e. The maximum atomic E-state index is 14.3. The second-order valence-electron chi connectivity index (χ2n) is 9.89. The van der Waals surface area contributed by atoms with Crippen molar-refractivity contribution < 1.29 is 29.0 Å². The second kappa shape index (κ2) is 11.9. The number of ether oxygens (including phenoxy) is 2. The monoisotopic (exact) mass is 574 g/mol. The van der Waals surface area contributed by atoms with Crippen LogP contribution in [0.25, 0.3) is 0 Å². The van der Waals surface area contributed by atoms with Crippen LogP contribution in [0.1, 0.15) is 31.2 Å². The van der Waals surface area contributed by atoms with Gasteiger partial charge in [0.2, 0.25) is 11.8 Å². The summed E-state index contributed by atoms with van der Waals surface area (Å²) in [7, 11) is 0. The highest BCUT2D eigenvalue weighted by Gasteiger charge is 2.77. The van der Waals surface area contributed by atoms with Gasteiger partial charge in [-0.1, -0.05) is 65.0 Å². The summed E-state index contributed by atoms with van der Waals surface area (Å²) >= 11 is 3.66. The number of fused-ring (bicyclic) bond motifs is 1. The minimum absolute atomic E-state index is 0.0420. The number of aliphatic hydroxyl groups is 1. The van der Waals surface area contributed by atoms with E-state index < -0.39 is 35.6 Å². The summed E-state index contributed by atoms with van der Waals surface area (Å²) in [5.74, 6) is -2.57. The molecule has 3 heterocycles. The Kier molecular flexibility index (Phi) is 8.87. The van der Waals surface area contributed by atoms with Gasteiger partial charge in [-0.2, -0.15) is 0 Å². The van der Waals surface area contributed by atoms with Crippen LogP contribution in [0.3, 0.4) is 0 Å². The van der Waals surface area contributed by atoms with Gasteiger partial charge < -0.3 is 24.4 Å². The zero-order valence-electron chi connectivity index (χ0n) is 21.0. The molecule has 0 aromatic heterocycles. The first kappa shape index (κ1) is 27.5. The lowest BCUT2D eigenvalue weighted by molar-refractivity contribution is -0.154. The van der Waals surface area contributed by atoms with Crippen LogP contribution in [0.4, 0.5) is 0 Å². The van der Waals surface area contributed by atoms with E-state index in [2.05, 4.69) is 29.1 Å². The van der Waals surface area contributed by atoms with Gasteiger partial charge in [0, 0.05) is 31.1 Å². The van der Waals surface area contributed by atoms with E-state index >= 15 is 0 Å². The number of carbonyl (C=O) groups excluding carboxylic acids is 3. The number of nitrogens with zero attached hydrogens (tertiary/aromatic N) is 2. The van der Waals surface area contributed by atoms with Crippen molar-refractivity contribution >= 4 is 33.7 Å². The number of hydrogen-bond donors (Lipinski definition) is 1. The van der Waals surface area contributed by atoms with Gasteiger partial charge in [0.1, 0.15) is 18.2 Å². The molecule has 1 aromatic rings. The molecule has 2 bridgehead atoms. The Bertz CT molecular complexity index is 1020. The highest BCUT2D eigenvalue weighted by atomic mass is 79.9. The van der Waals surface area contributed by atoms with Crippen molar-refractivity contribution in [3.63, 3.8) is 0 Å². The molecule has 4 rings (SSSR count). The van der Waals surface area contributed by atoms with Crippen LogP contribution < -0.4 is 0 Å². The molecule has 2 amide bonds. The van der Waals surface area contributed by atoms with Crippen LogP contribution in [-0.4, -0.2) is 81.6 Å². The molecule has 0 saturated carbocycles. The maximum absolute atomic E-state index is 14.3. The number of halogens is 1. The van der Waals surface area contributed by atoms with Gasteiger partial charge >= 0.3 is 5.97 Å². The lowest BCUT2D eigenvalue weighted by atomic mass is 9.70. The number of rotatable bonds is 13. The molecule has 1 N–H and O–H groups in total. The Morgan fingerprint density at radius 1 is 1.22 bits per heavy atom. The number of amides is 2. The summed E-state index contributed by atoms with van der Waals surface area (Å²) < 4.78 is 11.9. The first-order valence-electron chi connectivity index (χ1n) is 12.8. The number of benzene rings is 1. The van der Waals surface area contributed by atoms with Gasteiger partial charge in [-0.15, -0.1) is 6.58 Å². The molecular weight excluding hydrogens is 540 g/mol. The minimum Gasteiger partial charge on any atom is -0.461 e. The van der Waals surface area contributed by atoms with E-state index in [1.807, 2.05) is 30.3 Å². The fourth-order valence-electron chi connectivity index (χ4n) is 6.09. The first-order valence-corrected chi connectivity index (χ1v) is 13.8. The molecule has 0 aliphatic carbocycles. The quantitative estimate of drug-likeness (QED) is 0.168. The molecule has 3 aliphatic heterocycles. The Hall–Kier alpha value is -2.49. The molecular formula is C28H35BrN2O6. The summed E-state index contributed by atoms with van der Waals surface area (Å²) in [6, 6.07) is 8.80. The molecule has 3 unspecified atom stereocenters. The predicted molar refractivity (Wildman–Crippen MR) is 142 cm³/mol. The fraction of sp³-hybridized carbons (Fsp3) is 0.536. The van der Waals surface area contributed by atoms with Gasteiger partial charge in [-0.3, -0.25) is 14.4 Å². The van der Waals surface area contributed by atoms with E-state index in [9.17, 15) is 19.5 Å². The molecule has 6 atom stereocenters. The average Bonchev–Trinajstić information content (AvgIpc) is 3.48. The summed E-state index contributed by atoms with van der Waals surface area (Å²) in [6.45, 7) is 8.56. The normalized spacial score (nSPS) is 29.7. The first-order chi connectivity index (χ1) is 17.9. The van der Waals surface area contributed by atoms with Crippen LogP contribution in [0.15, 0.2) is 55.6 Å². The van der Waals surface area contributed by atoms with Crippen molar-refractivity contribution in [1.82, 2.24) is 9.80 Å². The zero-order valence-corrected chi connectivity index (χ0v) is 22.6. The summed E-state index contributed by atoms with van der Waals surface area (Å²) in [5, 5.41) is 9.20. The van der Waals surface area contributed by atoms with Gasteiger partial charge in [0.05, 0.1) is 17.9 Å². The molecule has 200 valence electrons. The van der Waals surface area contributed by atoms with E-state index in [1.165, 1.54) is 6.08 Å². The molecule has 1 aromatic carbocycles. The van der Waals surface area contributed by atoms with Crippen molar-refractivity contribution in [2.75, 3.05) is 26.3 Å². The molecule has 37 heavy (non-hydrogen) atoms. The van der Waals surface area contributed by atoms with Crippen LogP contribution >= 0.6 is 15.9 Å². The highest BCUT2D eigenvalue weighted by molar-refractivity contribution is 9.09. The SMILES string of the molecule is C=CCOC(=O)[C@H]1[C@H]2C(=O)N(CCCCCO)C(C(=O)N(CC=C)Cc3ccccc3)C23CC(Br)[C@@H]1O3. The second-order valence-corrected chi connectivity index (χ2v) is 11.1. The lowest BCUT2D eigenvalue weighted by Crippen LogP contribution is -2.56. The van der Waals surface area contributed by atoms with E-state index in [-0.39, 0.29) is 29.9 Å². The zero-order chi connectivity index (χ0) is 26.6.